The Morgan fingerprint density at radius 1 is 1.33 bits per heavy atom. The van der Waals surface area contributed by atoms with Crippen LogP contribution < -0.4 is 5.32 Å². The minimum absolute atomic E-state index is 0.216. The van der Waals surface area contributed by atoms with E-state index in [0.717, 1.165) is 22.3 Å². The highest BCUT2D eigenvalue weighted by Gasteiger charge is 2.04. The SMILES string of the molecule is COC(=O)CCNc1cccc2ccc(C)nc12. The first kappa shape index (κ1) is 12.4. The van der Waals surface area contributed by atoms with Crippen molar-refractivity contribution in [3.05, 3.63) is 36.0 Å². The van der Waals surface area contributed by atoms with Crippen LogP contribution in [0, 0.1) is 6.92 Å². The molecule has 0 radical (unpaired) electrons. The number of ether oxygens (including phenoxy) is 1. The lowest BCUT2D eigenvalue weighted by Gasteiger charge is -2.09. The molecular weight excluding hydrogens is 228 g/mol. The van der Waals surface area contributed by atoms with Crippen LogP contribution in [0.1, 0.15) is 12.1 Å². The molecule has 0 aliphatic rings. The van der Waals surface area contributed by atoms with Gasteiger partial charge in [0.05, 0.1) is 24.7 Å². The molecule has 0 bridgehead atoms. The lowest BCUT2D eigenvalue weighted by Crippen LogP contribution is -2.10. The molecule has 2 rings (SSSR count). The number of para-hydroxylation sites is 1. The van der Waals surface area contributed by atoms with Crippen molar-refractivity contribution < 1.29 is 9.53 Å². The molecule has 4 heteroatoms. The first-order chi connectivity index (χ1) is 8.70. The van der Waals surface area contributed by atoms with Crippen molar-refractivity contribution in [3.63, 3.8) is 0 Å². The number of aryl methyl sites for hydroxylation is 1. The second-order valence-electron chi connectivity index (χ2n) is 4.08. The number of fused-ring (bicyclic) bond motifs is 1. The molecule has 1 N–H and O–H groups in total. The summed E-state index contributed by atoms with van der Waals surface area (Å²) in [5.41, 5.74) is 2.85. The Morgan fingerprint density at radius 2 is 2.17 bits per heavy atom. The van der Waals surface area contributed by atoms with Crippen molar-refractivity contribution in [2.24, 2.45) is 0 Å². The number of anilines is 1. The minimum atomic E-state index is -0.216. The summed E-state index contributed by atoms with van der Waals surface area (Å²) in [5.74, 6) is -0.216. The molecule has 0 unspecified atom stereocenters. The Balaban J connectivity index is 2.17. The fraction of sp³-hybridized carbons (Fsp3) is 0.286. The molecule has 0 aliphatic heterocycles. The monoisotopic (exact) mass is 244 g/mol. The van der Waals surface area contributed by atoms with Gasteiger partial charge in [-0.1, -0.05) is 18.2 Å². The van der Waals surface area contributed by atoms with Crippen LogP contribution in [0.4, 0.5) is 5.69 Å². The summed E-state index contributed by atoms with van der Waals surface area (Å²) in [7, 11) is 1.39. The van der Waals surface area contributed by atoms with Gasteiger partial charge in [0, 0.05) is 17.6 Å². The van der Waals surface area contributed by atoms with Crippen LogP contribution in [0.5, 0.6) is 0 Å². The molecule has 1 heterocycles. The van der Waals surface area contributed by atoms with Crippen LogP contribution in [-0.4, -0.2) is 24.6 Å². The maximum Gasteiger partial charge on any atom is 0.307 e. The number of methoxy groups -OCH3 is 1. The van der Waals surface area contributed by atoms with E-state index in [4.69, 9.17) is 0 Å². The number of nitrogens with one attached hydrogen (secondary N) is 1. The maximum atomic E-state index is 11.0. The van der Waals surface area contributed by atoms with Gasteiger partial charge >= 0.3 is 5.97 Å². The highest BCUT2D eigenvalue weighted by Crippen LogP contribution is 2.21. The van der Waals surface area contributed by atoms with Gasteiger partial charge in [0.1, 0.15) is 0 Å². The van der Waals surface area contributed by atoms with E-state index in [-0.39, 0.29) is 5.97 Å². The number of carbonyl (C=O) groups excluding carboxylic acids is 1. The van der Waals surface area contributed by atoms with E-state index in [1.165, 1.54) is 7.11 Å². The van der Waals surface area contributed by atoms with Gasteiger partial charge < -0.3 is 10.1 Å². The normalized spacial score (nSPS) is 10.3. The van der Waals surface area contributed by atoms with Gasteiger partial charge in [0.15, 0.2) is 0 Å². The molecule has 2 aromatic rings. The van der Waals surface area contributed by atoms with Crippen LogP contribution in [0.2, 0.25) is 0 Å². The largest absolute Gasteiger partial charge is 0.469 e. The summed E-state index contributed by atoms with van der Waals surface area (Å²) >= 11 is 0. The Kier molecular flexibility index (Phi) is 3.77. The van der Waals surface area contributed by atoms with Gasteiger partial charge in [0.2, 0.25) is 0 Å². The summed E-state index contributed by atoms with van der Waals surface area (Å²) < 4.78 is 4.60. The number of carbonyl (C=O) groups is 1. The lowest BCUT2D eigenvalue weighted by atomic mass is 10.1. The average Bonchev–Trinajstić information content (AvgIpc) is 2.39. The Bertz CT molecular complexity index is 567. The lowest BCUT2D eigenvalue weighted by molar-refractivity contribution is -0.140. The summed E-state index contributed by atoms with van der Waals surface area (Å²) in [6.45, 7) is 2.51. The standard InChI is InChI=1S/C14H16N2O2/c1-10-6-7-11-4-3-5-12(14(11)16-10)15-9-8-13(17)18-2/h3-7,15H,8-9H2,1-2H3. The van der Waals surface area contributed by atoms with E-state index in [1.807, 2.05) is 37.3 Å². The molecule has 18 heavy (non-hydrogen) atoms. The molecule has 0 spiro atoms. The molecule has 1 aromatic heterocycles. The Hall–Kier alpha value is -2.10. The van der Waals surface area contributed by atoms with E-state index < -0.39 is 0 Å². The maximum absolute atomic E-state index is 11.0. The second-order valence-corrected chi connectivity index (χ2v) is 4.08. The summed E-state index contributed by atoms with van der Waals surface area (Å²) in [6, 6.07) is 9.99. The fourth-order valence-electron chi connectivity index (χ4n) is 1.79. The molecule has 4 nitrogen and oxygen atoms in total. The third-order valence-electron chi connectivity index (χ3n) is 2.73. The minimum Gasteiger partial charge on any atom is -0.469 e. The zero-order chi connectivity index (χ0) is 13.0. The Labute approximate surface area is 106 Å². The van der Waals surface area contributed by atoms with Gasteiger partial charge in [-0.25, -0.2) is 0 Å². The quantitative estimate of drug-likeness (QED) is 0.840. The molecule has 0 fully saturated rings. The number of aromatic nitrogens is 1. The highest BCUT2D eigenvalue weighted by atomic mass is 16.5. The number of nitrogens with zero attached hydrogens (tertiary/aromatic N) is 1. The van der Waals surface area contributed by atoms with Crippen molar-refractivity contribution in [1.29, 1.82) is 0 Å². The second kappa shape index (κ2) is 5.49. The van der Waals surface area contributed by atoms with E-state index in [0.29, 0.717) is 13.0 Å². The third-order valence-corrected chi connectivity index (χ3v) is 2.73. The first-order valence-corrected chi connectivity index (χ1v) is 5.88. The average molecular weight is 244 g/mol. The summed E-state index contributed by atoms with van der Waals surface area (Å²) in [6.07, 6.45) is 0.346. The van der Waals surface area contributed by atoms with Crippen LogP contribution >= 0.6 is 0 Å². The fourth-order valence-corrected chi connectivity index (χ4v) is 1.79. The molecular formula is C14H16N2O2. The van der Waals surface area contributed by atoms with E-state index >= 15 is 0 Å². The van der Waals surface area contributed by atoms with Gasteiger partial charge in [-0.2, -0.15) is 0 Å². The van der Waals surface area contributed by atoms with Crippen LogP contribution in [0.25, 0.3) is 10.9 Å². The molecule has 94 valence electrons. The number of pyridine rings is 1. The number of benzene rings is 1. The van der Waals surface area contributed by atoms with Crippen LogP contribution in [0.15, 0.2) is 30.3 Å². The van der Waals surface area contributed by atoms with Gasteiger partial charge in [-0.3, -0.25) is 9.78 Å². The van der Waals surface area contributed by atoms with Gasteiger partial charge in [-0.05, 0) is 19.1 Å². The smallest absolute Gasteiger partial charge is 0.307 e. The predicted octanol–water partition coefficient (Wildman–Crippen LogP) is 2.52. The van der Waals surface area contributed by atoms with Crippen LogP contribution in [0.3, 0.4) is 0 Å². The van der Waals surface area contributed by atoms with Crippen molar-refractivity contribution in [2.45, 2.75) is 13.3 Å². The zero-order valence-electron chi connectivity index (χ0n) is 10.6. The van der Waals surface area contributed by atoms with Crippen molar-refractivity contribution in [1.82, 2.24) is 4.98 Å². The number of hydrogen-bond acceptors (Lipinski definition) is 4. The number of esters is 1. The topological polar surface area (TPSA) is 51.2 Å². The first-order valence-electron chi connectivity index (χ1n) is 5.88. The molecule has 0 amide bonds. The van der Waals surface area contributed by atoms with Crippen LogP contribution in [-0.2, 0) is 9.53 Å². The van der Waals surface area contributed by atoms with Crippen molar-refractivity contribution >= 4 is 22.6 Å². The molecule has 0 atom stereocenters. The highest BCUT2D eigenvalue weighted by molar-refractivity contribution is 5.90. The van der Waals surface area contributed by atoms with Crippen molar-refractivity contribution in [2.75, 3.05) is 19.0 Å². The van der Waals surface area contributed by atoms with E-state index in [9.17, 15) is 4.79 Å². The summed E-state index contributed by atoms with van der Waals surface area (Å²) in [5, 5.41) is 4.30. The number of rotatable bonds is 4. The Morgan fingerprint density at radius 3 is 2.94 bits per heavy atom. The summed E-state index contributed by atoms with van der Waals surface area (Å²) in [4.78, 5) is 15.6. The molecule has 0 aliphatic carbocycles. The van der Waals surface area contributed by atoms with Crippen molar-refractivity contribution in [3.8, 4) is 0 Å². The molecule has 0 saturated carbocycles. The molecule has 0 saturated heterocycles. The predicted molar refractivity (Wildman–Crippen MR) is 71.6 cm³/mol. The van der Waals surface area contributed by atoms with E-state index in [1.54, 1.807) is 0 Å². The zero-order valence-corrected chi connectivity index (χ0v) is 10.6. The third kappa shape index (κ3) is 2.77. The van der Waals surface area contributed by atoms with Gasteiger partial charge in [-0.15, -0.1) is 0 Å². The molecule has 1 aromatic carbocycles. The number of hydrogen-bond donors (Lipinski definition) is 1. The van der Waals surface area contributed by atoms with E-state index in [2.05, 4.69) is 15.0 Å². The van der Waals surface area contributed by atoms with Gasteiger partial charge in [0.25, 0.3) is 0 Å².